The van der Waals surface area contributed by atoms with Crippen molar-refractivity contribution in [2.75, 3.05) is 38.2 Å². The molecule has 1 aliphatic carbocycles. The predicted molar refractivity (Wildman–Crippen MR) is 124 cm³/mol. The Morgan fingerprint density at radius 3 is 2.63 bits per heavy atom. The summed E-state index contributed by atoms with van der Waals surface area (Å²) in [5, 5.41) is 0. The van der Waals surface area contributed by atoms with Gasteiger partial charge in [0.2, 0.25) is 0 Å². The van der Waals surface area contributed by atoms with Crippen molar-refractivity contribution < 1.29 is 4.74 Å². The second kappa shape index (κ2) is 11.8. The summed E-state index contributed by atoms with van der Waals surface area (Å²) >= 11 is 0. The van der Waals surface area contributed by atoms with Crippen molar-refractivity contribution >= 4 is 30.6 Å². The molecule has 0 atom stereocenters. The molecule has 0 radical (unpaired) electrons. The number of nitrogens with zero attached hydrogens (tertiary/aromatic N) is 5. The van der Waals surface area contributed by atoms with Crippen LogP contribution in [0.25, 0.3) is 0 Å². The van der Waals surface area contributed by atoms with Crippen molar-refractivity contribution in [1.29, 1.82) is 0 Å². The number of hydrogen-bond donors (Lipinski definition) is 1. The van der Waals surface area contributed by atoms with E-state index in [2.05, 4.69) is 33.0 Å². The van der Waals surface area contributed by atoms with Crippen molar-refractivity contribution in [3.8, 4) is 0 Å². The SMILES string of the molecule is COCc1nc(C2CC(N)C2)cc(N2CCCN(Cc3ccccn3)CC2)n1.Cl.Cl. The van der Waals surface area contributed by atoms with Crippen LogP contribution in [-0.4, -0.2) is 59.2 Å². The number of pyridine rings is 1. The third-order valence-electron chi connectivity index (χ3n) is 5.67. The van der Waals surface area contributed by atoms with Crippen LogP contribution in [0.1, 0.15) is 42.4 Å². The summed E-state index contributed by atoms with van der Waals surface area (Å²) in [6.45, 7) is 5.39. The van der Waals surface area contributed by atoms with Gasteiger partial charge in [-0.2, -0.15) is 0 Å². The van der Waals surface area contributed by atoms with E-state index >= 15 is 0 Å². The minimum Gasteiger partial charge on any atom is -0.377 e. The average molecular weight is 455 g/mol. The highest BCUT2D eigenvalue weighted by Gasteiger charge is 2.30. The molecule has 2 aliphatic rings. The lowest BCUT2D eigenvalue weighted by Gasteiger charge is -2.33. The summed E-state index contributed by atoms with van der Waals surface area (Å²) in [4.78, 5) is 18.9. The van der Waals surface area contributed by atoms with Gasteiger partial charge in [-0.3, -0.25) is 9.88 Å². The number of ether oxygens (including phenoxy) is 1. The summed E-state index contributed by atoms with van der Waals surface area (Å²) in [6, 6.07) is 8.60. The van der Waals surface area contributed by atoms with Gasteiger partial charge in [-0.25, -0.2) is 9.97 Å². The first-order valence-electron chi connectivity index (χ1n) is 10.2. The molecule has 2 aromatic rings. The zero-order valence-electron chi connectivity index (χ0n) is 17.4. The zero-order valence-corrected chi connectivity index (χ0v) is 19.1. The van der Waals surface area contributed by atoms with E-state index in [0.717, 1.165) is 75.0 Å². The van der Waals surface area contributed by atoms with Gasteiger partial charge in [0, 0.05) is 69.8 Å². The molecule has 0 bridgehead atoms. The van der Waals surface area contributed by atoms with Gasteiger partial charge in [-0.05, 0) is 31.4 Å². The third-order valence-corrected chi connectivity index (χ3v) is 5.67. The molecule has 1 saturated carbocycles. The molecule has 2 fully saturated rings. The number of hydrogen-bond acceptors (Lipinski definition) is 7. The monoisotopic (exact) mass is 454 g/mol. The predicted octanol–water partition coefficient (Wildman–Crippen LogP) is 2.78. The quantitative estimate of drug-likeness (QED) is 0.718. The smallest absolute Gasteiger partial charge is 0.156 e. The summed E-state index contributed by atoms with van der Waals surface area (Å²) in [6.07, 6.45) is 5.01. The first-order valence-corrected chi connectivity index (χ1v) is 10.2. The fourth-order valence-corrected chi connectivity index (χ4v) is 4.05. The van der Waals surface area contributed by atoms with Crippen LogP contribution in [-0.2, 0) is 17.9 Å². The highest BCUT2D eigenvalue weighted by molar-refractivity contribution is 5.85. The van der Waals surface area contributed by atoms with Crippen LogP contribution in [0, 0.1) is 0 Å². The van der Waals surface area contributed by atoms with Gasteiger partial charge in [-0.15, -0.1) is 24.8 Å². The minimum atomic E-state index is 0. The van der Waals surface area contributed by atoms with Crippen LogP contribution in [0.15, 0.2) is 30.5 Å². The first-order chi connectivity index (χ1) is 13.7. The molecular formula is C21H32Cl2N6O. The maximum atomic E-state index is 5.99. The Kier molecular flexibility index (Phi) is 9.71. The van der Waals surface area contributed by atoms with Crippen LogP contribution < -0.4 is 10.6 Å². The number of methoxy groups -OCH3 is 1. The molecule has 2 N–H and O–H groups in total. The molecular weight excluding hydrogens is 423 g/mol. The molecule has 0 unspecified atom stereocenters. The van der Waals surface area contributed by atoms with Gasteiger partial charge in [0.1, 0.15) is 12.4 Å². The normalized spacial score (nSPS) is 21.7. The molecule has 0 aromatic carbocycles. The number of halogens is 2. The molecule has 30 heavy (non-hydrogen) atoms. The second-order valence-electron chi connectivity index (χ2n) is 7.87. The molecule has 1 saturated heterocycles. The Hall–Kier alpha value is -1.51. The summed E-state index contributed by atoms with van der Waals surface area (Å²) in [7, 11) is 1.69. The Labute approximate surface area is 191 Å². The van der Waals surface area contributed by atoms with E-state index in [1.807, 2.05) is 12.3 Å². The maximum Gasteiger partial charge on any atom is 0.156 e. The van der Waals surface area contributed by atoms with E-state index in [1.165, 1.54) is 0 Å². The van der Waals surface area contributed by atoms with E-state index in [-0.39, 0.29) is 24.8 Å². The Bertz CT molecular complexity index is 775. The van der Waals surface area contributed by atoms with E-state index < -0.39 is 0 Å². The number of aromatic nitrogens is 3. The Morgan fingerprint density at radius 1 is 1.10 bits per heavy atom. The first kappa shape index (κ1) is 24.8. The fraction of sp³-hybridized carbons (Fsp3) is 0.571. The van der Waals surface area contributed by atoms with Crippen LogP contribution in [0.4, 0.5) is 5.82 Å². The van der Waals surface area contributed by atoms with Crippen LogP contribution in [0.3, 0.4) is 0 Å². The standard InChI is InChI=1S/C21H30N6O.2ClH/c1-28-15-20-24-19(16-11-17(22)12-16)13-21(25-20)27-8-4-7-26(9-10-27)14-18-5-2-3-6-23-18;;/h2-3,5-6,13,16-17H,4,7-12,14-15,22H2,1H3;2*1H. The van der Waals surface area contributed by atoms with Crippen LogP contribution in [0.2, 0.25) is 0 Å². The van der Waals surface area contributed by atoms with Gasteiger partial charge in [0.05, 0.1) is 5.69 Å². The minimum absolute atomic E-state index is 0. The molecule has 166 valence electrons. The van der Waals surface area contributed by atoms with Crippen LogP contribution >= 0.6 is 24.8 Å². The third kappa shape index (κ3) is 6.25. The average Bonchev–Trinajstić information content (AvgIpc) is 2.92. The van der Waals surface area contributed by atoms with Crippen molar-refractivity contribution in [3.63, 3.8) is 0 Å². The zero-order chi connectivity index (χ0) is 19.3. The van der Waals surface area contributed by atoms with Gasteiger partial charge >= 0.3 is 0 Å². The molecule has 0 amide bonds. The number of nitrogens with two attached hydrogens (primary N) is 1. The lowest BCUT2D eigenvalue weighted by molar-refractivity contribution is 0.177. The molecule has 7 nitrogen and oxygen atoms in total. The summed E-state index contributed by atoms with van der Waals surface area (Å²) < 4.78 is 5.30. The van der Waals surface area contributed by atoms with Crippen molar-refractivity contribution in [2.45, 2.75) is 44.4 Å². The second-order valence-corrected chi connectivity index (χ2v) is 7.87. The van der Waals surface area contributed by atoms with E-state index in [1.54, 1.807) is 7.11 Å². The molecule has 2 aromatic heterocycles. The molecule has 3 heterocycles. The highest BCUT2D eigenvalue weighted by atomic mass is 35.5. The van der Waals surface area contributed by atoms with Crippen LogP contribution in [0.5, 0.6) is 0 Å². The fourth-order valence-electron chi connectivity index (χ4n) is 4.05. The highest BCUT2D eigenvalue weighted by Crippen LogP contribution is 2.35. The lowest BCUT2D eigenvalue weighted by Crippen LogP contribution is -2.36. The van der Waals surface area contributed by atoms with E-state index in [0.29, 0.717) is 18.6 Å². The van der Waals surface area contributed by atoms with Crippen molar-refractivity contribution in [3.05, 3.63) is 47.7 Å². The Morgan fingerprint density at radius 2 is 1.93 bits per heavy atom. The summed E-state index contributed by atoms with van der Waals surface area (Å²) in [5.74, 6) is 2.25. The Balaban J connectivity index is 0.00000160. The lowest BCUT2D eigenvalue weighted by atomic mass is 9.78. The number of rotatable bonds is 6. The molecule has 1 aliphatic heterocycles. The van der Waals surface area contributed by atoms with Gasteiger partial charge in [-0.1, -0.05) is 6.07 Å². The van der Waals surface area contributed by atoms with Crippen molar-refractivity contribution in [1.82, 2.24) is 19.9 Å². The van der Waals surface area contributed by atoms with Crippen molar-refractivity contribution in [2.24, 2.45) is 5.73 Å². The van der Waals surface area contributed by atoms with Gasteiger partial charge in [0.25, 0.3) is 0 Å². The number of anilines is 1. The maximum absolute atomic E-state index is 5.99. The van der Waals surface area contributed by atoms with Gasteiger partial charge < -0.3 is 15.4 Å². The molecule has 9 heteroatoms. The molecule has 4 rings (SSSR count). The topological polar surface area (TPSA) is 80.4 Å². The largest absolute Gasteiger partial charge is 0.377 e. The van der Waals surface area contributed by atoms with E-state index in [9.17, 15) is 0 Å². The summed E-state index contributed by atoms with van der Waals surface area (Å²) in [5.41, 5.74) is 8.24. The van der Waals surface area contributed by atoms with Gasteiger partial charge in [0.15, 0.2) is 5.82 Å². The van der Waals surface area contributed by atoms with E-state index in [4.69, 9.17) is 20.4 Å². The molecule has 0 spiro atoms.